The summed E-state index contributed by atoms with van der Waals surface area (Å²) >= 11 is 0. The molecule has 0 aliphatic rings. The van der Waals surface area contributed by atoms with E-state index in [4.69, 9.17) is 22.3 Å². The Morgan fingerprint density at radius 2 is 1.54 bits per heavy atom. The molecule has 2 aromatic carbocycles. The van der Waals surface area contributed by atoms with Gasteiger partial charge in [-0.3, -0.25) is 9.59 Å². The second-order valence-corrected chi connectivity index (χ2v) is 4.84. The quantitative estimate of drug-likeness (QED) is 0.273. The molecule has 2 aromatic rings. The number of aliphatic imine (C=N–C) groups is 1. The number of carbonyl (C=O) groups excluding carboxylic acids is 2. The minimum absolute atomic E-state index is 0.0160. The number of hydrogen-bond donors (Lipinski definition) is 4. The zero-order valence-electron chi connectivity index (χ0n) is 13.9. The molecular formula is C17H18N4O5. The van der Waals surface area contributed by atoms with Gasteiger partial charge >= 0.3 is 11.9 Å². The Balaban J connectivity index is 0.000000260. The maximum Gasteiger partial charge on any atom is 0.339 e. The van der Waals surface area contributed by atoms with Gasteiger partial charge in [-0.15, -0.1) is 0 Å². The number of aromatic carboxylic acids is 1. The lowest BCUT2D eigenvalue weighted by atomic mass is 10.2. The van der Waals surface area contributed by atoms with Crippen molar-refractivity contribution in [2.45, 2.75) is 6.92 Å². The van der Waals surface area contributed by atoms with Crippen LogP contribution in [0.15, 0.2) is 53.5 Å². The first-order chi connectivity index (χ1) is 12.2. The van der Waals surface area contributed by atoms with Gasteiger partial charge in [0, 0.05) is 12.5 Å². The summed E-state index contributed by atoms with van der Waals surface area (Å²) in [4.78, 5) is 35.6. The highest BCUT2D eigenvalue weighted by Crippen LogP contribution is 2.17. The molecule has 7 N–H and O–H groups in total. The van der Waals surface area contributed by atoms with Crippen molar-refractivity contribution in [1.29, 1.82) is 0 Å². The smallest absolute Gasteiger partial charge is 0.339 e. The van der Waals surface area contributed by atoms with E-state index in [-0.39, 0.29) is 17.3 Å². The molecule has 0 radical (unpaired) electrons. The molecule has 0 fully saturated rings. The van der Waals surface area contributed by atoms with Crippen LogP contribution >= 0.6 is 0 Å². The van der Waals surface area contributed by atoms with E-state index in [1.54, 1.807) is 36.4 Å². The number of benzene rings is 2. The van der Waals surface area contributed by atoms with E-state index < -0.39 is 17.8 Å². The number of amides is 1. The average molecular weight is 358 g/mol. The third kappa shape index (κ3) is 6.71. The standard InChI is InChI=1S/C9H8O4.C8H10N4O/c1-6(10)13-8-5-3-2-4-7(8)9(11)12;9-7(13)5-1-3-6(4-2-5)12-8(10)11/h2-5H,1H3,(H,11,12);1-4H,(H2,9,13)(H4,10,11,12). The first-order valence-electron chi connectivity index (χ1n) is 7.21. The van der Waals surface area contributed by atoms with Gasteiger partial charge in [0.25, 0.3) is 0 Å². The molecule has 0 heterocycles. The number of carboxylic acids is 1. The summed E-state index contributed by atoms with van der Waals surface area (Å²) in [6, 6.07) is 12.3. The number of hydrogen-bond acceptors (Lipinski definition) is 5. The van der Waals surface area contributed by atoms with Crippen molar-refractivity contribution >= 4 is 29.5 Å². The molecule has 0 unspecified atom stereocenters. The van der Waals surface area contributed by atoms with Crippen molar-refractivity contribution in [2.24, 2.45) is 22.2 Å². The fourth-order valence-corrected chi connectivity index (χ4v) is 1.74. The highest BCUT2D eigenvalue weighted by Gasteiger charge is 2.11. The molecule has 1 amide bonds. The van der Waals surface area contributed by atoms with Gasteiger partial charge in [-0.1, -0.05) is 12.1 Å². The van der Waals surface area contributed by atoms with E-state index in [0.29, 0.717) is 11.3 Å². The van der Waals surface area contributed by atoms with Crippen LogP contribution in [-0.2, 0) is 4.79 Å². The molecule has 0 aromatic heterocycles. The highest BCUT2D eigenvalue weighted by molar-refractivity contribution is 5.93. The number of carboxylic acid groups (broad SMARTS) is 1. The molecule has 2 rings (SSSR count). The first kappa shape index (κ1) is 20.2. The summed E-state index contributed by atoms with van der Waals surface area (Å²) in [6.07, 6.45) is 0. The van der Waals surface area contributed by atoms with Gasteiger partial charge < -0.3 is 27.0 Å². The molecule has 0 saturated heterocycles. The lowest BCUT2D eigenvalue weighted by Crippen LogP contribution is -2.21. The molecule has 0 aliphatic heterocycles. The summed E-state index contributed by atoms with van der Waals surface area (Å²) in [5.41, 5.74) is 16.4. The first-order valence-corrected chi connectivity index (χ1v) is 7.21. The zero-order chi connectivity index (χ0) is 19.7. The zero-order valence-corrected chi connectivity index (χ0v) is 13.9. The number of nitrogens with two attached hydrogens (primary N) is 3. The normalized spacial score (nSPS) is 9.27. The Bertz CT molecular complexity index is 827. The van der Waals surface area contributed by atoms with Crippen LogP contribution in [-0.4, -0.2) is 28.9 Å². The Morgan fingerprint density at radius 3 is 2.00 bits per heavy atom. The lowest BCUT2D eigenvalue weighted by Gasteiger charge is -2.03. The van der Waals surface area contributed by atoms with E-state index in [1.165, 1.54) is 19.1 Å². The van der Waals surface area contributed by atoms with E-state index in [0.717, 1.165) is 0 Å². The second-order valence-electron chi connectivity index (χ2n) is 4.84. The van der Waals surface area contributed by atoms with Crippen LogP contribution in [0.1, 0.15) is 27.6 Å². The maximum absolute atomic E-state index is 10.7. The Hall–Kier alpha value is -3.88. The van der Waals surface area contributed by atoms with E-state index in [1.807, 2.05) is 0 Å². The molecule has 0 aliphatic carbocycles. The van der Waals surface area contributed by atoms with Crippen LogP contribution in [0.4, 0.5) is 5.69 Å². The van der Waals surface area contributed by atoms with Gasteiger partial charge in [-0.05, 0) is 36.4 Å². The SMILES string of the molecule is CC(=O)Oc1ccccc1C(=O)O.NC(=O)c1ccc(N=C(N)N)cc1. The van der Waals surface area contributed by atoms with Crippen molar-refractivity contribution in [3.8, 4) is 5.75 Å². The largest absolute Gasteiger partial charge is 0.478 e. The molecule has 26 heavy (non-hydrogen) atoms. The number of esters is 1. The lowest BCUT2D eigenvalue weighted by molar-refractivity contribution is -0.131. The third-order valence-corrected chi connectivity index (χ3v) is 2.78. The molecule has 0 spiro atoms. The van der Waals surface area contributed by atoms with Gasteiger partial charge in [0.05, 0.1) is 5.69 Å². The van der Waals surface area contributed by atoms with Gasteiger partial charge in [0.1, 0.15) is 11.3 Å². The van der Waals surface area contributed by atoms with Crippen LogP contribution in [0.2, 0.25) is 0 Å². The van der Waals surface area contributed by atoms with Gasteiger partial charge in [0.2, 0.25) is 5.91 Å². The number of para-hydroxylation sites is 1. The Labute approximate surface area is 149 Å². The summed E-state index contributed by atoms with van der Waals surface area (Å²) in [6.45, 7) is 1.22. The average Bonchev–Trinajstić information content (AvgIpc) is 2.55. The fourth-order valence-electron chi connectivity index (χ4n) is 1.74. The number of carbonyl (C=O) groups is 3. The van der Waals surface area contributed by atoms with Crippen molar-refractivity contribution in [2.75, 3.05) is 0 Å². The predicted molar refractivity (Wildman–Crippen MR) is 95.1 cm³/mol. The van der Waals surface area contributed by atoms with Crippen LogP contribution in [0.3, 0.4) is 0 Å². The monoisotopic (exact) mass is 358 g/mol. The van der Waals surface area contributed by atoms with Crippen molar-refractivity contribution < 1.29 is 24.2 Å². The van der Waals surface area contributed by atoms with Crippen LogP contribution in [0.5, 0.6) is 5.75 Å². The highest BCUT2D eigenvalue weighted by atomic mass is 16.5. The third-order valence-electron chi connectivity index (χ3n) is 2.78. The summed E-state index contributed by atoms with van der Waals surface area (Å²) in [7, 11) is 0. The predicted octanol–water partition coefficient (Wildman–Crippen LogP) is 1.00. The van der Waals surface area contributed by atoms with Gasteiger partial charge in [-0.2, -0.15) is 0 Å². The van der Waals surface area contributed by atoms with Crippen molar-refractivity contribution in [1.82, 2.24) is 0 Å². The molecule has 0 atom stereocenters. The van der Waals surface area contributed by atoms with Gasteiger partial charge in [0.15, 0.2) is 5.96 Å². The summed E-state index contributed by atoms with van der Waals surface area (Å²) in [5, 5.41) is 8.69. The van der Waals surface area contributed by atoms with E-state index in [2.05, 4.69) is 9.73 Å². The van der Waals surface area contributed by atoms with Crippen LogP contribution < -0.4 is 21.9 Å². The number of guanidine groups is 1. The molecule has 0 saturated carbocycles. The molecule has 9 nitrogen and oxygen atoms in total. The van der Waals surface area contributed by atoms with Crippen molar-refractivity contribution in [3.05, 3.63) is 59.7 Å². The molecule has 9 heteroatoms. The Kier molecular flexibility index (Phi) is 7.31. The summed E-state index contributed by atoms with van der Waals surface area (Å²) in [5.74, 6) is -2.07. The number of nitrogens with zero attached hydrogens (tertiary/aromatic N) is 1. The van der Waals surface area contributed by atoms with E-state index >= 15 is 0 Å². The van der Waals surface area contributed by atoms with Crippen LogP contribution in [0, 0.1) is 0 Å². The molecule has 136 valence electrons. The molecular weight excluding hydrogens is 340 g/mol. The fraction of sp³-hybridized carbons (Fsp3) is 0.0588. The minimum Gasteiger partial charge on any atom is -0.478 e. The summed E-state index contributed by atoms with van der Waals surface area (Å²) < 4.78 is 4.69. The van der Waals surface area contributed by atoms with Crippen molar-refractivity contribution in [3.63, 3.8) is 0 Å². The minimum atomic E-state index is -1.11. The van der Waals surface area contributed by atoms with Gasteiger partial charge in [-0.25, -0.2) is 9.79 Å². The molecule has 0 bridgehead atoms. The van der Waals surface area contributed by atoms with Crippen LogP contribution in [0.25, 0.3) is 0 Å². The van der Waals surface area contributed by atoms with E-state index in [9.17, 15) is 14.4 Å². The number of ether oxygens (including phenoxy) is 1. The number of primary amides is 1. The Morgan fingerprint density at radius 1 is 0.962 bits per heavy atom. The number of rotatable bonds is 4. The second kappa shape index (κ2) is 9.42. The maximum atomic E-state index is 10.7. The topological polar surface area (TPSA) is 171 Å².